The van der Waals surface area contributed by atoms with Crippen molar-refractivity contribution in [2.45, 2.75) is 13.2 Å². The Labute approximate surface area is 124 Å². The predicted molar refractivity (Wildman–Crippen MR) is 77.5 cm³/mol. The standard InChI is InChI=1S/C14H12BrNO4/c15-12-6-5-10(7-13(12)16(18)19)9-20-14-4-2-1-3-11(14)8-17/h1-7,17H,8-9H2. The smallest absolute Gasteiger partial charge is 0.283 e. The van der Waals surface area contributed by atoms with E-state index >= 15 is 0 Å². The highest BCUT2D eigenvalue weighted by Gasteiger charge is 2.12. The van der Waals surface area contributed by atoms with Crippen molar-refractivity contribution in [1.82, 2.24) is 0 Å². The van der Waals surface area contributed by atoms with Gasteiger partial charge in [-0.1, -0.05) is 24.3 Å². The monoisotopic (exact) mass is 337 g/mol. The van der Waals surface area contributed by atoms with Crippen molar-refractivity contribution in [2.24, 2.45) is 0 Å². The fraction of sp³-hybridized carbons (Fsp3) is 0.143. The summed E-state index contributed by atoms with van der Waals surface area (Å²) in [5, 5.41) is 20.0. The fourth-order valence-corrected chi connectivity index (χ4v) is 2.12. The van der Waals surface area contributed by atoms with Gasteiger partial charge in [0.15, 0.2) is 0 Å². The molecular formula is C14H12BrNO4. The second-order valence-electron chi connectivity index (χ2n) is 4.10. The molecule has 0 aliphatic heterocycles. The summed E-state index contributed by atoms with van der Waals surface area (Å²) in [5.41, 5.74) is 1.37. The van der Waals surface area contributed by atoms with E-state index in [-0.39, 0.29) is 18.9 Å². The average molecular weight is 338 g/mol. The van der Waals surface area contributed by atoms with Crippen molar-refractivity contribution in [3.8, 4) is 5.75 Å². The van der Waals surface area contributed by atoms with Crippen LogP contribution in [0.25, 0.3) is 0 Å². The number of aliphatic hydroxyl groups is 1. The average Bonchev–Trinajstić information content (AvgIpc) is 2.46. The number of hydrogen-bond donors (Lipinski definition) is 1. The van der Waals surface area contributed by atoms with Crippen LogP contribution in [-0.4, -0.2) is 10.0 Å². The van der Waals surface area contributed by atoms with Crippen LogP contribution in [-0.2, 0) is 13.2 Å². The first kappa shape index (κ1) is 14.5. The lowest BCUT2D eigenvalue weighted by Gasteiger charge is -2.10. The van der Waals surface area contributed by atoms with Crippen LogP contribution in [0.4, 0.5) is 5.69 Å². The van der Waals surface area contributed by atoms with Gasteiger partial charge in [-0.3, -0.25) is 10.1 Å². The molecular weight excluding hydrogens is 326 g/mol. The van der Waals surface area contributed by atoms with Crippen LogP contribution in [0.2, 0.25) is 0 Å². The van der Waals surface area contributed by atoms with Crippen LogP contribution in [0, 0.1) is 10.1 Å². The minimum absolute atomic E-state index is 0.00143. The van der Waals surface area contributed by atoms with Crippen molar-refractivity contribution >= 4 is 21.6 Å². The van der Waals surface area contributed by atoms with E-state index in [0.29, 0.717) is 21.3 Å². The van der Waals surface area contributed by atoms with Crippen LogP contribution >= 0.6 is 15.9 Å². The maximum absolute atomic E-state index is 10.9. The van der Waals surface area contributed by atoms with Gasteiger partial charge in [-0.15, -0.1) is 0 Å². The topological polar surface area (TPSA) is 72.6 Å². The second-order valence-corrected chi connectivity index (χ2v) is 4.95. The first-order valence-corrected chi connectivity index (χ1v) is 6.65. The third-order valence-electron chi connectivity index (χ3n) is 2.74. The van der Waals surface area contributed by atoms with Crippen molar-refractivity contribution in [2.75, 3.05) is 0 Å². The largest absolute Gasteiger partial charge is 0.489 e. The molecule has 5 nitrogen and oxygen atoms in total. The number of para-hydroxylation sites is 1. The summed E-state index contributed by atoms with van der Waals surface area (Å²) in [6, 6.07) is 12.0. The SMILES string of the molecule is O=[N+]([O-])c1cc(COc2ccccc2CO)ccc1Br. The molecule has 0 heterocycles. The quantitative estimate of drug-likeness (QED) is 0.670. The summed E-state index contributed by atoms with van der Waals surface area (Å²) in [7, 11) is 0. The van der Waals surface area contributed by atoms with Gasteiger partial charge in [0, 0.05) is 11.6 Å². The van der Waals surface area contributed by atoms with Gasteiger partial charge in [-0.05, 0) is 33.6 Å². The van der Waals surface area contributed by atoms with E-state index in [2.05, 4.69) is 15.9 Å². The van der Waals surface area contributed by atoms with Gasteiger partial charge in [0.1, 0.15) is 12.4 Å². The van der Waals surface area contributed by atoms with Crippen LogP contribution < -0.4 is 4.74 Å². The minimum Gasteiger partial charge on any atom is -0.489 e. The summed E-state index contributed by atoms with van der Waals surface area (Å²) < 4.78 is 6.02. The maximum atomic E-state index is 10.9. The highest BCUT2D eigenvalue weighted by Crippen LogP contribution is 2.26. The molecule has 1 N–H and O–H groups in total. The van der Waals surface area contributed by atoms with Gasteiger partial charge >= 0.3 is 0 Å². The number of benzene rings is 2. The van der Waals surface area contributed by atoms with Gasteiger partial charge < -0.3 is 9.84 Å². The summed E-state index contributed by atoms with van der Waals surface area (Å²) in [4.78, 5) is 10.4. The van der Waals surface area contributed by atoms with Crippen molar-refractivity contribution in [3.63, 3.8) is 0 Å². The number of nitro benzene ring substituents is 1. The van der Waals surface area contributed by atoms with E-state index in [0.717, 1.165) is 0 Å². The van der Waals surface area contributed by atoms with E-state index in [1.54, 1.807) is 30.3 Å². The Bertz CT molecular complexity index is 630. The molecule has 0 saturated heterocycles. The highest BCUT2D eigenvalue weighted by molar-refractivity contribution is 9.10. The molecule has 0 radical (unpaired) electrons. The Morgan fingerprint density at radius 2 is 2.00 bits per heavy atom. The van der Waals surface area contributed by atoms with E-state index in [1.165, 1.54) is 6.07 Å². The minimum atomic E-state index is -0.449. The first-order valence-electron chi connectivity index (χ1n) is 5.86. The molecule has 0 aliphatic carbocycles. The Kier molecular flexibility index (Phi) is 4.70. The fourth-order valence-electron chi connectivity index (χ4n) is 1.72. The number of nitro groups is 1. The van der Waals surface area contributed by atoms with Gasteiger partial charge in [0.2, 0.25) is 0 Å². The number of rotatable bonds is 5. The number of ether oxygens (including phenoxy) is 1. The zero-order valence-corrected chi connectivity index (χ0v) is 12.0. The van der Waals surface area contributed by atoms with E-state index < -0.39 is 4.92 Å². The molecule has 0 atom stereocenters. The molecule has 2 aromatic rings. The third kappa shape index (κ3) is 3.34. The van der Waals surface area contributed by atoms with E-state index in [1.807, 2.05) is 6.07 Å². The van der Waals surface area contributed by atoms with E-state index in [4.69, 9.17) is 4.74 Å². The molecule has 0 spiro atoms. The molecule has 104 valence electrons. The first-order chi connectivity index (χ1) is 9.61. The third-order valence-corrected chi connectivity index (χ3v) is 3.42. The normalized spacial score (nSPS) is 10.3. The lowest BCUT2D eigenvalue weighted by molar-refractivity contribution is -0.385. The molecule has 0 unspecified atom stereocenters. The molecule has 0 amide bonds. The summed E-state index contributed by atoms with van der Waals surface area (Å²) in [5.74, 6) is 0.570. The Morgan fingerprint density at radius 3 is 2.70 bits per heavy atom. The number of hydrogen-bond acceptors (Lipinski definition) is 4. The number of nitrogens with zero attached hydrogens (tertiary/aromatic N) is 1. The Morgan fingerprint density at radius 1 is 1.25 bits per heavy atom. The summed E-state index contributed by atoms with van der Waals surface area (Å²) in [6.45, 7) is 0.0851. The molecule has 0 aromatic heterocycles. The van der Waals surface area contributed by atoms with Crippen LogP contribution in [0.1, 0.15) is 11.1 Å². The lowest BCUT2D eigenvalue weighted by atomic mass is 10.2. The van der Waals surface area contributed by atoms with Gasteiger partial charge in [0.05, 0.1) is 16.0 Å². The molecule has 2 aromatic carbocycles. The number of aliphatic hydroxyl groups excluding tert-OH is 1. The highest BCUT2D eigenvalue weighted by atomic mass is 79.9. The van der Waals surface area contributed by atoms with Gasteiger partial charge in [-0.2, -0.15) is 0 Å². The number of halogens is 1. The van der Waals surface area contributed by atoms with Crippen LogP contribution in [0.5, 0.6) is 5.75 Å². The summed E-state index contributed by atoms with van der Waals surface area (Å²) >= 11 is 3.13. The van der Waals surface area contributed by atoms with Crippen LogP contribution in [0.15, 0.2) is 46.9 Å². The lowest BCUT2D eigenvalue weighted by Crippen LogP contribution is -2.00. The molecule has 6 heteroatoms. The van der Waals surface area contributed by atoms with Crippen molar-refractivity contribution < 1.29 is 14.8 Å². The second kappa shape index (κ2) is 6.49. The Hall–Kier alpha value is -1.92. The summed E-state index contributed by atoms with van der Waals surface area (Å²) in [6.07, 6.45) is 0. The molecule has 0 saturated carbocycles. The molecule has 20 heavy (non-hydrogen) atoms. The zero-order valence-electron chi connectivity index (χ0n) is 10.5. The maximum Gasteiger partial charge on any atom is 0.283 e. The van der Waals surface area contributed by atoms with Crippen molar-refractivity contribution in [3.05, 3.63) is 68.2 Å². The van der Waals surface area contributed by atoms with Gasteiger partial charge in [-0.25, -0.2) is 0 Å². The zero-order chi connectivity index (χ0) is 14.5. The molecule has 0 bridgehead atoms. The Balaban J connectivity index is 2.15. The van der Waals surface area contributed by atoms with Gasteiger partial charge in [0.25, 0.3) is 5.69 Å². The molecule has 0 fully saturated rings. The van der Waals surface area contributed by atoms with E-state index in [9.17, 15) is 15.2 Å². The molecule has 2 rings (SSSR count). The predicted octanol–water partition coefficient (Wildman–Crippen LogP) is 3.43. The van der Waals surface area contributed by atoms with Crippen molar-refractivity contribution in [1.29, 1.82) is 0 Å². The van der Waals surface area contributed by atoms with Crippen LogP contribution in [0.3, 0.4) is 0 Å². The molecule has 0 aliphatic rings.